The predicted molar refractivity (Wildman–Crippen MR) is 215 cm³/mol. The minimum absolute atomic E-state index is 0.0577. The average molecular weight is 750 g/mol. The lowest BCUT2D eigenvalue weighted by Gasteiger charge is -2.53. The molecule has 4 aromatic rings. The number of ketones is 1. The number of hydrogen-bond donors (Lipinski definition) is 0. The molecular weight excluding hydrogens is 702 g/mol. The zero-order valence-corrected chi connectivity index (χ0v) is 33.2. The van der Waals surface area contributed by atoms with Crippen LogP contribution in [0.15, 0.2) is 122 Å². The van der Waals surface area contributed by atoms with Crippen molar-refractivity contribution in [2.45, 2.75) is 64.4 Å². The van der Waals surface area contributed by atoms with Crippen molar-refractivity contribution in [3.05, 3.63) is 127 Å². The fourth-order valence-electron chi connectivity index (χ4n) is 7.02. The van der Waals surface area contributed by atoms with Crippen LogP contribution in [0.3, 0.4) is 0 Å². The van der Waals surface area contributed by atoms with Crippen molar-refractivity contribution in [3.8, 4) is 11.5 Å². The van der Waals surface area contributed by atoms with Crippen LogP contribution in [0.1, 0.15) is 44.5 Å². The van der Waals surface area contributed by atoms with Crippen LogP contribution >= 0.6 is 6.89 Å². The Balaban J connectivity index is 1.62. The molecule has 0 unspecified atom stereocenters. The lowest BCUT2D eigenvalue weighted by atomic mass is 9.79. The molecule has 0 spiro atoms. The molecule has 0 N–H and O–H groups in total. The topological polar surface area (TPSA) is 91.4 Å². The molecule has 53 heavy (non-hydrogen) atoms. The molecular formula is C43H48NO7PSi. The number of hydrogen-bond acceptors (Lipinski definition) is 7. The summed E-state index contributed by atoms with van der Waals surface area (Å²) in [5, 5.41) is 2.48. The summed E-state index contributed by atoms with van der Waals surface area (Å²) < 4.78 is 23.9. The van der Waals surface area contributed by atoms with Gasteiger partial charge in [0, 0.05) is 18.9 Å². The first-order valence-electron chi connectivity index (χ1n) is 18.0. The van der Waals surface area contributed by atoms with Gasteiger partial charge in [0.15, 0.2) is 25.6 Å². The molecule has 0 aliphatic carbocycles. The third-order valence-electron chi connectivity index (χ3n) is 10.6. The second kappa shape index (κ2) is 15.3. The molecule has 10 heteroatoms. The second-order valence-corrected chi connectivity index (χ2v) is 23.0. The van der Waals surface area contributed by atoms with E-state index in [1.54, 1.807) is 23.1 Å². The Morgan fingerprint density at radius 1 is 0.887 bits per heavy atom. The largest absolute Gasteiger partial charge is 0.457 e. The van der Waals surface area contributed by atoms with E-state index in [4.69, 9.17) is 18.6 Å². The molecule has 2 aliphatic rings. The summed E-state index contributed by atoms with van der Waals surface area (Å²) >= 11 is 0. The van der Waals surface area contributed by atoms with E-state index in [9.17, 15) is 9.59 Å². The highest BCUT2D eigenvalue weighted by Gasteiger charge is 2.57. The van der Waals surface area contributed by atoms with Crippen LogP contribution in [-0.4, -0.2) is 61.8 Å². The Labute approximate surface area is 313 Å². The van der Waals surface area contributed by atoms with Gasteiger partial charge in [0.05, 0.1) is 18.1 Å². The van der Waals surface area contributed by atoms with Crippen LogP contribution in [0.4, 0.5) is 0 Å². The minimum Gasteiger partial charge on any atom is -0.457 e. The minimum atomic E-state index is -3.17. The fourth-order valence-corrected chi connectivity index (χ4v) is 12.8. The van der Waals surface area contributed by atoms with Gasteiger partial charge in [0.2, 0.25) is 12.7 Å². The zero-order valence-electron chi connectivity index (χ0n) is 31.3. The van der Waals surface area contributed by atoms with Crippen molar-refractivity contribution in [1.29, 1.82) is 0 Å². The van der Waals surface area contributed by atoms with Crippen LogP contribution in [0.2, 0.25) is 18.1 Å². The summed E-state index contributed by atoms with van der Waals surface area (Å²) in [7, 11) is -2.36. The predicted octanol–water partition coefficient (Wildman–Crippen LogP) is 7.08. The maximum atomic E-state index is 15.1. The number of likely N-dealkylation sites (tertiary alicyclic amines) is 1. The van der Waals surface area contributed by atoms with Crippen molar-refractivity contribution < 1.29 is 33.0 Å². The van der Waals surface area contributed by atoms with Crippen molar-refractivity contribution in [2.24, 2.45) is 5.92 Å². The number of esters is 1. The quantitative estimate of drug-likeness (QED) is 0.0361. The van der Waals surface area contributed by atoms with Gasteiger partial charge in [-0.1, -0.05) is 124 Å². The summed E-state index contributed by atoms with van der Waals surface area (Å²) in [4.78, 5) is 45.9. The van der Waals surface area contributed by atoms with E-state index in [1.807, 2.05) is 97.9 Å². The van der Waals surface area contributed by atoms with Gasteiger partial charge in [-0.15, -0.1) is 0 Å². The number of carbonyl (C=O) groups excluding carboxylic acids is 3. The van der Waals surface area contributed by atoms with Crippen molar-refractivity contribution in [1.82, 2.24) is 4.90 Å². The van der Waals surface area contributed by atoms with E-state index in [1.165, 1.54) is 6.08 Å². The molecule has 0 saturated carbocycles. The molecule has 276 valence electrons. The average Bonchev–Trinajstić information content (AvgIpc) is 3.62. The lowest BCUT2D eigenvalue weighted by Crippen LogP contribution is -2.69. The summed E-state index contributed by atoms with van der Waals surface area (Å²) in [5.41, 5.74) is 0.642. The molecule has 4 aromatic carbocycles. The van der Waals surface area contributed by atoms with Crippen LogP contribution in [-0.2, 0) is 18.8 Å². The number of rotatable bonds is 13. The standard InChI is InChI=1S/C43H48NO7PSi/c1-8-26-48-42(47)41(52(32-18-12-9-13-19-32,33-20-14-10-15-21-33)34-22-16-11-17-23-34)44-35(28-36(45)31-24-25-37-38(27-31)50-29-49-37)39(40(44)46)30(2)51-53(6,7)43(3,4)5/h8-25,27,30,35,39H,1,26,28-29H2,2-7H3/t30-,35+,39+/m0/s1. The first-order chi connectivity index (χ1) is 25.3. The first-order valence-corrected chi connectivity index (χ1v) is 22.7. The number of fused-ring (bicyclic) bond motifs is 1. The van der Waals surface area contributed by atoms with E-state index in [0.29, 0.717) is 17.1 Å². The lowest BCUT2D eigenvalue weighted by molar-refractivity contribution is -0.156. The number of Topliss-reactive ketones (excluding diaryl/α,β-unsaturated/α-hetero) is 1. The number of ether oxygens (including phenoxy) is 3. The van der Waals surface area contributed by atoms with E-state index in [-0.39, 0.29) is 42.0 Å². The third-order valence-corrected chi connectivity index (χ3v) is 19.5. The number of nitrogens with zero attached hydrogens (tertiary/aromatic N) is 1. The van der Waals surface area contributed by atoms with Gasteiger partial charge in [0.1, 0.15) is 12.0 Å². The number of carbonyl (C=O) groups is 3. The van der Waals surface area contributed by atoms with Gasteiger partial charge in [-0.3, -0.25) is 9.59 Å². The Hall–Kier alpha value is -4.69. The normalized spacial score (nSPS) is 17.5. The molecule has 2 aliphatic heterocycles. The number of β-lactam (4-membered cyclic amide) rings is 1. The van der Waals surface area contributed by atoms with Gasteiger partial charge in [-0.05, 0) is 59.2 Å². The molecule has 1 fully saturated rings. The molecule has 0 radical (unpaired) electrons. The molecule has 1 saturated heterocycles. The summed E-state index contributed by atoms with van der Waals surface area (Å²) in [6.45, 7) is 13.3. The molecule has 8 nitrogen and oxygen atoms in total. The number of benzene rings is 4. The Kier molecular flexibility index (Phi) is 11.0. The molecule has 0 aromatic heterocycles. The van der Waals surface area contributed by atoms with Gasteiger partial charge in [-0.2, -0.15) is 0 Å². The molecule has 3 atom stereocenters. The summed E-state index contributed by atoms with van der Waals surface area (Å²) in [5.74, 6) is -0.755. The van der Waals surface area contributed by atoms with Gasteiger partial charge >= 0.3 is 5.97 Å². The highest BCUT2D eigenvalue weighted by Crippen LogP contribution is 2.51. The Bertz CT molecular complexity index is 1940. The van der Waals surface area contributed by atoms with E-state index in [2.05, 4.69) is 40.4 Å². The zero-order chi connectivity index (χ0) is 38.0. The van der Waals surface area contributed by atoms with Crippen molar-refractivity contribution in [2.75, 3.05) is 13.4 Å². The SMILES string of the molecule is C=CCOC(=O)C(N1C(=O)[C@H]([C@H](C)O[Si](C)(C)C(C)(C)C)[C@H]1CC(=O)c1ccc2c(c1)OCO2)=P(c1ccccc1)(c1ccccc1)c1ccccc1. The van der Waals surface area contributed by atoms with E-state index < -0.39 is 39.2 Å². The summed E-state index contributed by atoms with van der Waals surface area (Å²) in [6, 6.07) is 33.9. The maximum Gasteiger partial charge on any atom is 0.356 e. The van der Waals surface area contributed by atoms with Crippen LogP contribution < -0.4 is 25.4 Å². The van der Waals surface area contributed by atoms with Crippen LogP contribution in [0.25, 0.3) is 0 Å². The van der Waals surface area contributed by atoms with Crippen molar-refractivity contribution >= 4 is 54.2 Å². The molecule has 6 rings (SSSR count). The fraction of sp³-hybridized carbons (Fsp3) is 0.302. The Morgan fingerprint density at radius 3 is 1.92 bits per heavy atom. The van der Waals surface area contributed by atoms with Gasteiger partial charge < -0.3 is 23.5 Å². The molecule has 0 bridgehead atoms. The highest BCUT2D eigenvalue weighted by molar-refractivity contribution is 7.96. The maximum absolute atomic E-state index is 15.1. The van der Waals surface area contributed by atoms with Crippen LogP contribution in [0.5, 0.6) is 11.5 Å². The van der Waals surface area contributed by atoms with Gasteiger partial charge in [-0.25, -0.2) is 4.79 Å². The third kappa shape index (κ3) is 7.18. The first kappa shape index (κ1) is 38.0. The smallest absolute Gasteiger partial charge is 0.356 e. The van der Waals surface area contributed by atoms with Gasteiger partial charge in [0.25, 0.3) is 0 Å². The van der Waals surface area contributed by atoms with E-state index >= 15 is 4.79 Å². The Morgan fingerprint density at radius 2 is 1.42 bits per heavy atom. The summed E-state index contributed by atoms with van der Waals surface area (Å²) in [6.07, 6.45) is 0.926. The van der Waals surface area contributed by atoms with E-state index in [0.717, 1.165) is 15.9 Å². The molecule has 1 amide bonds. The molecule has 2 heterocycles. The number of amides is 1. The second-order valence-electron chi connectivity index (χ2n) is 15.0. The van der Waals surface area contributed by atoms with Crippen molar-refractivity contribution in [3.63, 3.8) is 0 Å². The monoisotopic (exact) mass is 749 g/mol. The van der Waals surface area contributed by atoms with Crippen LogP contribution in [0, 0.1) is 5.92 Å². The highest BCUT2D eigenvalue weighted by atomic mass is 31.2.